The number of hydrogen-bond acceptors (Lipinski definition) is 6. The zero-order valence-electron chi connectivity index (χ0n) is 12.8. The Labute approximate surface area is 119 Å². The van der Waals surface area contributed by atoms with Crippen LogP contribution in [0.3, 0.4) is 0 Å². The Hall–Kier alpha value is -0.690. The molecular weight excluding hydrogens is 262 g/mol. The highest BCUT2D eigenvalue weighted by Crippen LogP contribution is 2.41. The quantitative estimate of drug-likeness (QED) is 0.774. The summed E-state index contributed by atoms with van der Waals surface area (Å²) < 4.78 is 22.2. The first-order chi connectivity index (χ1) is 9.15. The van der Waals surface area contributed by atoms with Gasteiger partial charge in [-0.15, -0.1) is 0 Å². The fourth-order valence-corrected chi connectivity index (χ4v) is 3.07. The second-order valence-electron chi connectivity index (χ2n) is 6.63. The molecule has 0 aromatic carbocycles. The lowest BCUT2D eigenvalue weighted by molar-refractivity contribution is -0.154. The highest BCUT2D eigenvalue weighted by atomic mass is 16.7. The molecule has 6 heteroatoms. The van der Waals surface area contributed by atoms with Crippen LogP contribution in [0.15, 0.2) is 0 Å². The van der Waals surface area contributed by atoms with Gasteiger partial charge in [-0.3, -0.25) is 4.79 Å². The molecule has 0 spiro atoms. The van der Waals surface area contributed by atoms with E-state index in [-0.39, 0.29) is 17.6 Å². The van der Waals surface area contributed by atoms with Gasteiger partial charge in [-0.2, -0.15) is 0 Å². The largest absolute Gasteiger partial charge is 0.468 e. The summed E-state index contributed by atoms with van der Waals surface area (Å²) in [6.07, 6.45) is 0.236. The lowest BCUT2D eigenvalue weighted by atomic mass is 9.87. The maximum atomic E-state index is 11.7. The van der Waals surface area contributed by atoms with Crippen molar-refractivity contribution in [2.75, 3.05) is 13.7 Å². The van der Waals surface area contributed by atoms with Crippen LogP contribution in [0.1, 0.15) is 34.1 Å². The first kappa shape index (κ1) is 15.7. The van der Waals surface area contributed by atoms with Crippen molar-refractivity contribution in [3.05, 3.63) is 0 Å². The molecule has 0 saturated carbocycles. The molecule has 0 amide bonds. The molecule has 2 fully saturated rings. The fraction of sp³-hybridized carbons (Fsp3) is 0.929. The van der Waals surface area contributed by atoms with Crippen LogP contribution in [-0.2, 0) is 23.7 Å². The number of rotatable bonds is 3. The summed E-state index contributed by atoms with van der Waals surface area (Å²) in [6.45, 7) is 8.23. The van der Waals surface area contributed by atoms with Crippen molar-refractivity contribution >= 4 is 5.97 Å². The van der Waals surface area contributed by atoms with Crippen LogP contribution in [-0.4, -0.2) is 49.3 Å². The van der Waals surface area contributed by atoms with E-state index in [0.717, 1.165) is 6.42 Å². The number of carbonyl (C=O) groups is 1. The lowest BCUT2D eigenvalue weighted by Crippen LogP contribution is -2.48. The topological polar surface area (TPSA) is 80.0 Å². The van der Waals surface area contributed by atoms with E-state index in [1.54, 1.807) is 0 Å². The number of hydrogen-bond donors (Lipinski definition) is 1. The molecule has 0 radical (unpaired) electrons. The van der Waals surface area contributed by atoms with Crippen LogP contribution in [0, 0.1) is 5.92 Å². The minimum Gasteiger partial charge on any atom is -0.468 e. The van der Waals surface area contributed by atoms with E-state index in [4.69, 9.17) is 24.7 Å². The van der Waals surface area contributed by atoms with E-state index in [1.165, 1.54) is 7.11 Å². The lowest BCUT2D eigenvalue weighted by Gasteiger charge is -2.27. The van der Waals surface area contributed by atoms with E-state index < -0.39 is 23.9 Å². The zero-order valence-corrected chi connectivity index (χ0v) is 12.8. The van der Waals surface area contributed by atoms with Crippen LogP contribution in [0.25, 0.3) is 0 Å². The first-order valence-corrected chi connectivity index (χ1v) is 6.98. The van der Waals surface area contributed by atoms with Crippen molar-refractivity contribution < 1.29 is 23.7 Å². The average molecular weight is 287 g/mol. The maximum absolute atomic E-state index is 11.7. The second kappa shape index (κ2) is 5.26. The molecular formula is C14H25NO5. The van der Waals surface area contributed by atoms with Crippen molar-refractivity contribution in [1.82, 2.24) is 0 Å². The van der Waals surface area contributed by atoms with Crippen LogP contribution in [0.4, 0.5) is 0 Å². The Morgan fingerprint density at radius 2 is 1.95 bits per heavy atom. The van der Waals surface area contributed by atoms with E-state index in [2.05, 4.69) is 0 Å². The molecule has 0 aromatic rings. The van der Waals surface area contributed by atoms with E-state index >= 15 is 0 Å². The molecule has 116 valence electrons. The smallest absolute Gasteiger partial charge is 0.325 e. The normalized spacial score (nSPS) is 36.8. The van der Waals surface area contributed by atoms with Crippen molar-refractivity contribution in [1.29, 1.82) is 0 Å². The van der Waals surface area contributed by atoms with Gasteiger partial charge < -0.3 is 24.7 Å². The standard InChI is InChI=1S/C14H25NO5/c1-13(2)6-8(9-7-18-14(3,4)19-9)11(20-13)10(15)12(16)17-5/h8-11H,6-7,15H2,1-5H3/t8-,9-,10+,11+/m1/s1. The Balaban J connectivity index is 2.14. The summed E-state index contributed by atoms with van der Waals surface area (Å²) in [4.78, 5) is 11.7. The van der Waals surface area contributed by atoms with Crippen LogP contribution >= 0.6 is 0 Å². The third kappa shape index (κ3) is 3.14. The maximum Gasteiger partial charge on any atom is 0.325 e. The second-order valence-corrected chi connectivity index (χ2v) is 6.63. The molecule has 6 nitrogen and oxygen atoms in total. The predicted octanol–water partition coefficient (Wildman–Crippen LogP) is 0.822. The molecule has 2 saturated heterocycles. The molecule has 20 heavy (non-hydrogen) atoms. The minimum absolute atomic E-state index is 0.0147. The number of esters is 1. The zero-order chi connectivity index (χ0) is 15.1. The summed E-state index contributed by atoms with van der Waals surface area (Å²) >= 11 is 0. The minimum atomic E-state index is -0.806. The van der Waals surface area contributed by atoms with Gasteiger partial charge in [-0.1, -0.05) is 0 Å². The van der Waals surface area contributed by atoms with Gasteiger partial charge in [-0.25, -0.2) is 0 Å². The van der Waals surface area contributed by atoms with Gasteiger partial charge in [-0.05, 0) is 34.1 Å². The Bertz CT molecular complexity index is 382. The van der Waals surface area contributed by atoms with E-state index in [9.17, 15) is 4.79 Å². The number of carbonyl (C=O) groups excluding carboxylic acids is 1. The average Bonchev–Trinajstić information content (AvgIpc) is 2.86. The van der Waals surface area contributed by atoms with Gasteiger partial charge in [0.25, 0.3) is 0 Å². The molecule has 2 aliphatic rings. The molecule has 2 heterocycles. The van der Waals surface area contributed by atoms with Crippen LogP contribution in [0.2, 0.25) is 0 Å². The van der Waals surface area contributed by atoms with Crippen LogP contribution in [0.5, 0.6) is 0 Å². The number of ether oxygens (including phenoxy) is 4. The Kier molecular flexibility index (Phi) is 4.12. The highest BCUT2D eigenvalue weighted by molar-refractivity contribution is 5.76. The van der Waals surface area contributed by atoms with Crippen molar-refractivity contribution in [2.45, 2.75) is 63.8 Å². The van der Waals surface area contributed by atoms with Gasteiger partial charge >= 0.3 is 5.97 Å². The SMILES string of the molecule is COC(=O)[C@@H](N)[C@H]1OC(C)(C)C[C@@H]1[C@H]1COC(C)(C)O1. The molecule has 2 aliphatic heterocycles. The summed E-state index contributed by atoms with van der Waals surface area (Å²) in [5.41, 5.74) is 5.65. The van der Waals surface area contributed by atoms with Crippen molar-refractivity contribution in [3.8, 4) is 0 Å². The van der Waals surface area contributed by atoms with Gasteiger partial charge in [0.1, 0.15) is 6.04 Å². The van der Waals surface area contributed by atoms with E-state index in [0.29, 0.717) is 6.61 Å². The van der Waals surface area contributed by atoms with Gasteiger partial charge in [0.05, 0.1) is 31.5 Å². The summed E-state index contributed by atoms with van der Waals surface area (Å²) in [5.74, 6) is -1.05. The predicted molar refractivity (Wildman–Crippen MR) is 72.0 cm³/mol. The Morgan fingerprint density at radius 3 is 2.45 bits per heavy atom. The monoisotopic (exact) mass is 287 g/mol. The van der Waals surface area contributed by atoms with Gasteiger partial charge in [0.15, 0.2) is 5.79 Å². The molecule has 0 aromatic heterocycles. The fourth-order valence-electron chi connectivity index (χ4n) is 3.07. The third-order valence-corrected chi connectivity index (χ3v) is 3.94. The van der Waals surface area contributed by atoms with E-state index in [1.807, 2.05) is 27.7 Å². The molecule has 0 bridgehead atoms. The molecule has 2 rings (SSSR count). The summed E-state index contributed by atoms with van der Waals surface area (Å²) in [6, 6.07) is -0.806. The van der Waals surface area contributed by atoms with Crippen LogP contribution < -0.4 is 5.73 Å². The summed E-state index contributed by atoms with van der Waals surface area (Å²) in [7, 11) is 1.33. The highest BCUT2D eigenvalue weighted by Gasteiger charge is 2.51. The summed E-state index contributed by atoms with van der Waals surface area (Å²) in [5, 5.41) is 0. The van der Waals surface area contributed by atoms with Crippen molar-refractivity contribution in [3.63, 3.8) is 0 Å². The Morgan fingerprint density at radius 1 is 1.30 bits per heavy atom. The molecule has 4 atom stereocenters. The van der Waals surface area contributed by atoms with Crippen molar-refractivity contribution in [2.24, 2.45) is 11.7 Å². The third-order valence-electron chi connectivity index (χ3n) is 3.94. The number of methoxy groups -OCH3 is 1. The van der Waals surface area contributed by atoms with Gasteiger partial charge in [0, 0.05) is 5.92 Å². The molecule has 2 N–H and O–H groups in total. The number of nitrogens with two attached hydrogens (primary N) is 1. The van der Waals surface area contributed by atoms with Gasteiger partial charge in [0.2, 0.25) is 0 Å². The molecule has 0 unspecified atom stereocenters. The first-order valence-electron chi connectivity index (χ1n) is 6.98. The molecule has 0 aliphatic carbocycles.